The topological polar surface area (TPSA) is 67.2 Å². The third kappa shape index (κ3) is 8.20. The maximum absolute atomic E-state index is 13.2. The van der Waals surface area contributed by atoms with Gasteiger partial charge in [-0.15, -0.1) is 0 Å². The second-order valence-corrected chi connectivity index (χ2v) is 10.7. The van der Waals surface area contributed by atoms with Gasteiger partial charge in [0.15, 0.2) is 0 Å². The summed E-state index contributed by atoms with van der Waals surface area (Å²) in [6.07, 6.45) is 6.11. The molecule has 0 aliphatic heterocycles. The van der Waals surface area contributed by atoms with Crippen molar-refractivity contribution in [3.05, 3.63) is 82.0 Å². The number of carbonyl (C=O) groups is 2. The molecule has 37 heavy (non-hydrogen) atoms. The number of carbonyl (C=O) groups excluding carboxylic acids is 2. The van der Waals surface area contributed by atoms with Crippen LogP contribution in [0.1, 0.15) is 58.2 Å². The number of hydrogen-bond donors (Lipinski definition) is 1. The van der Waals surface area contributed by atoms with Crippen LogP contribution in [0.5, 0.6) is 0 Å². The Labute approximate surface area is 229 Å². The molecular weight excluding hydrogens is 507 g/mol. The molecule has 8 heteroatoms. The highest BCUT2D eigenvalue weighted by Crippen LogP contribution is 2.29. The van der Waals surface area contributed by atoms with E-state index in [1.165, 1.54) is 6.08 Å². The minimum absolute atomic E-state index is 0.0704. The standard InChI is InChI=1S/C29H34Cl2N4O2/c1-5-6-10-17-34(28(37)16-13-21-11-8-7-9-12-21)20-27(36)32-26-19-25(29(2,3)4)33-35(26)22-14-15-23(30)24(31)18-22/h7-9,11-16,18-19H,5-6,10,17,20H2,1-4H3,(H,32,36)/b16-13+. The molecule has 1 aromatic heterocycles. The van der Waals surface area contributed by atoms with Crippen molar-refractivity contribution in [1.82, 2.24) is 14.7 Å². The molecule has 2 amide bonds. The van der Waals surface area contributed by atoms with E-state index >= 15 is 0 Å². The first kappa shape index (κ1) is 28.5. The zero-order valence-electron chi connectivity index (χ0n) is 21.8. The molecule has 0 aliphatic carbocycles. The highest BCUT2D eigenvalue weighted by Gasteiger charge is 2.23. The van der Waals surface area contributed by atoms with Crippen molar-refractivity contribution in [2.75, 3.05) is 18.4 Å². The van der Waals surface area contributed by atoms with Gasteiger partial charge in [0.2, 0.25) is 11.8 Å². The quantitative estimate of drug-likeness (QED) is 0.219. The van der Waals surface area contributed by atoms with Crippen LogP contribution in [-0.2, 0) is 15.0 Å². The highest BCUT2D eigenvalue weighted by atomic mass is 35.5. The van der Waals surface area contributed by atoms with Crippen molar-refractivity contribution >= 4 is 46.9 Å². The third-order valence-corrected chi connectivity index (χ3v) is 6.53. The predicted octanol–water partition coefficient (Wildman–Crippen LogP) is 7.15. The van der Waals surface area contributed by atoms with Gasteiger partial charge in [-0.1, -0.05) is 94.1 Å². The number of anilines is 1. The Balaban J connectivity index is 1.82. The normalized spacial score (nSPS) is 11.6. The molecule has 3 aromatic rings. The van der Waals surface area contributed by atoms with Crippen molar-refractivity contribution in [3.63, 3.8) is 0 Å². The first-order chi connectivity index (χ1) is 17.6. The van der Waals surface area contributed by atoms with Crippen molar-refractivity contribution in [1.29, 1.82) is 0 Å². The average molecular weight is 542 g/mol. The van der Waals surface area contributed by atoms with Gasteiger partial charge in [-0.2, -0.15) is 5.10 Å². The smallest absolute Gasteiger partial charge is 0.247 e. The van der Waals surface area contributed by atoms with Gasteiger partial charge in [0.05, 0.1) is 21.4 Å². The van der Waals surface area contributed by atoms with Gasteiger partial charge >= 0.3 is 0 Å². The average Bonchev–Trinajstić information content (AvgIpc) is 3.28. The maximum atomic E-state index is 13.2. The first-order valence-electron chi connectivity index (χ1n) is 12.5. The van der Waals surface area contributed by atoms with Crippen LogP contribution < -0.4 is 5.32 Å². The Morgan fingerprint density at radius 2 is 1.76 bits per heavy atom. The highest BCUT2D eigenvalue weighted by molar-refractivity contribution is 6.42. The van der Waals surface area contributed by atoms with Crippen LogP contribution in [0.25, 0.3) is 11.8 Å². The van der Waals surface area contributed by atoms with Gasteiger partial charge in [0.1, 0.15) is 12.4 Å². The Morgan fingerprint density at radius 3 is 2.41 bits per heavy atom. The Morgan fingerprint density at radius 1 is 1.03 bits per heavy atom. The van der Waals surface area contributed by atoms with E-state index in [1.54, 1.807) is 33.9 Å². The Kier molecular flexibility index (Phi) is 9.95. The largest absolute Gasteiger partial charge is 0.330 e. The predicted molar refractivity (Wildman–Crippen MR) is 152 cm³/mol. The molecule has 0 bridgehead atoms. The number of halogens is 2. The van der Waals surface area contributed by atoms with E-state index in [-0.39, 0.29) is 23.8 Å². The van der Waals surface area contributed by atoms with Crippen molar-refractivity contribution in [3.8, 4) is 5.69 Å². The van der Waals surface area contributed by atoms with Crippen LogP contribution >= 0.6 is 23.2 Å². The van der Waals surface area contributed by atoms with Crippen LogP contribution in [0.4, 0.5) is 5.82 Å². The molecule has 1 heterocycles. The van der Waals surface area contributed by atoms with Crippen molar-refractivity contribution in [2.45, 2.75) is 52.4 Å². The van der Waals surface area contributed by atoms with Crippen LogP contribution in [-0.4, -0.2) is 39.6 Å². The van der Waals surface area contributed by atoms with E-state index in [1.807, 2.05) is 57.2 Å². The summed E-state index contributed by atoms with van der Waals surface area (Å²) < 4.78 is 1.64. The molecule has 2 aromatic carbocycles. The van der Waals surface area contributed by atoms with E-state index in [0.717, 1.165) is 30.5 Å². The van der Waals surface area contributed by atoms with Crippen LogP contribution in [0.3, 0.4) is 0 Å². The lowest BCUT2D eigenvalue weighted by molar-refractivity contribution is -0.130. The summed E-state index contributed by atoms with van der Waals surface area (Å²) in [5.74, 6) is -0.0165. The van der Waals surface area contributed by atoms with Gasteiger partial charge in [-0.3, -0.25) is 9.59 Å². The number of nitrogens with one attached hydrogen (secondary N) is 1. The number of unbranched alkanes of at least 4 members (excludes halogenated alkanes) is 2. The molecule has 0 saturated heterocycles. The van der Waals surface area contributed by atoms with Crippen molar-refractivity contribution < 1.29 is 9.59 Å². The van der Waals surface area contributed by atoms with E-state index in [2.05, 4.69) is 12.2 Å². The zero-order valence-corrected chi connectivity index (χ0v) is 23.3. The molecule has 1 N–H and O–H groups in total. The van der Waals surface area contributed by atoms with Gasteiger partial charge in [-0.25, -0.2) is 4.68 Å². The first-order valence-corrected chi connectivity index (χ1v) is 13.2. The van der Waals surface area contributed by atoms with E-state index < -0.39 is 0 Å². The summed E-state index contributed by atoms with van der Waals surface area (Å²) in [7, 11) is 0. The van der Waals surface area contributed by atoms with Gasteiger partial charge < -0.3 is 10.2 Å². The fourth-order valence-corrected chi connectivity index (χ4v) is 3.96. The van der Waals surface area contributed by atoms with Crippen LogP contribution in [0.2, 0.25) is 10.0 Å². The number of aromatic nitrogens is 2. The summed E-state index contributed by atoms with van der Waals surface area (Å²) >= 11 is 12.3. The minimum atomic E-state index is -0.306. The maximum Gasteiger partial charge on any atom is 0.247 e. The van der Waals surface area contributed by atoms with E-state index in [0.29, 0.717) is 28.1 Å². The molecule has 3 rings (SSSR count). The number of nitrogens with zero attached hydrogens (tertiary/aromatic N) is 3. The van der Waals surface area contributed by atoms with E-state index in [9.17, 15) is 9.59 Å². The summed E-state index contributed by atoms with van der Waals surface area (Å²) in [6.45, 7) is 8.68. The summed E-state index contributed by atoms with van der Waals surface area (Å²) in [5, 5.41) is 8.50. The molecule has 6 nitrogen and oxygen atoms in total. The number of amides is 2. The number of hydrogen-bond acceptors (Lipinski definition) is 3. The fourth-order valence-electron chi connectivity index (χ4n) is 3.66. The lowest BCUT2D eigenvalue weighted by Crippen LogP contribution is -2.38. The Hall–Kier alpha value is -3.09. The summed E-state index contributed by atoms with van der Waals surface area (Å²) in [5.41, 5.74) is 2.15. The SMILES string of the molecule is CCCCCN(CC(=O)Nc1cc(C(C)(C)C)nn1-c1ccc(Cl)c(Cl)c1)C(=O)/C=C/c1ccccc1. The van der Waals surface area contributed by atoms with Gasteiger partial charge in [-0.05, 0) is 36.3 Å². The fraction of sp³-hybridized carbons (Fsp3) is 0.345. The second-order valence-electron chi connectivity index (χ2n) is 9.93. The molecule has 0 radical (unpaired) electrons. The molecule has 0 spiro atoms. The molecule has 0 atom stereocenters. The van der Waals surface area contributed by atoms with Gasteiger partial charge in [0.25, 0.3) is 0 Å². The molecular formula is C29H34Cl2N4O2. The Bertz CT molecular complexity index is 1250. The van der Waals surface area contributed by atoms with Gasteiger partial charge in [0, 0.05) is 24.1 Å². The number of rotatable bonds is 10. The van der Waals surface area contributed by atoms with Crippen LogP contribution in [0.15, 0.2) is 60.7 Å². The molecule has 196 valence electrons. The van der Waals surface area contributed by atoms with Crippen LogP contribution in [0, 0.1) is 0 Å². The second kappa shape index (κ2) is 12.9. The monoisotopic (exact) mass is 540 g/mol. The zero-order chi connectivity index (χ0) is 27.0. The lowest BCUT2D eigenvalue weighted by Gasteiger charge is -2.21. The summed E-state index contributed by atoms with van der Waals surface area (Å²) in [4.78, 5) is 27.8. The third-order valence-electron chi connectivity index (χ3n) is 5.79. The molecule has 0 saturated carbocycles. The molecule has 0 unspecified atom stereocenters. The number of benzene rings is 2. The lowest BCUT2D eigenvalue weighted by atomic mass is 9.92. The molecule has 0 fully saturated rings. The molecule has 0 aliphatic rings. The van der Waals surface area contributed by atoms with E-state index in [4.69, 9.17) is 28.3 Å². The minimum Gasteiger partial charge on any atom is -0.330 e. The summed E-state index contributed by atoms with van der Waals surface area (Å²) in [6, 6.07) is 16.6. The van der Waals surface area contributed by atoms with Crippen molar-refractivity contribution in [2.24, 2.45) is 0 Å².